The van der Waals surface area contributed by atoms with E-state index >= 15 is 0 Å². The van der Waals surface area contributed by atoms with Crippen molar-refractivity contribution in [1.29, 1.82) is 0 Å². The second kappa shape index (κ2) is 11.1. The van der Waals surface area contributed by atoms with Crippen molar-refractivity contribution in [2.75, 3.05) is 38.6 Å². The molecule has 2 N–H and O–H groups in total. The molecule has 0 aromatic heterocycles. The van der Waals surface area contributed by atoms with Gasteiger partial charge in [0.05, 0.1) is 0 Å². The Morgan fingerprint density at radius 2 is 1.79 bits per heavy atom. The highest BCUT2D eigenvalue weighted by atomic mass is 127. The highest BCUT2D eigenvalue weighted by Crippen LogP contribution is 2.43. The van der Waals surface area contributed by atoms with Gasteiger partial charge in [0.2, 0.25) is 0 Å². The van der Waals surface area contributed by atoms with E-state index in [1.165, 1.54) is 25.7 Å². The molecule has 1 aliphatic heterocycles. The zero-order valence-electron chi connectivity index (χ0n) is 15.7. The number of hydrogen-bond donors (Lipinski definition) is 2. The summed E-state index contributed by atoms with van der Waals surface area (Å²) in [5, 5.41) is 7.05. The monoisotopic (exact) mass is 469 g/mol. The number of aliphatic imine (C=N–C) groups is 1. The van der Waals surface area contributed by atoms with Gasteiger partial charge in [-0.05, 0) is 50.2 Å². The number of nitrogens with one attached hydrogen (secondary N) is 2. The second-order valence-electron chi connectivity index (χ2n) is 6.98. The van der Waals surface area contributed by atoms with Crippen LogP contribution in [-0.4, -0.2) is 49.3 Å². The Morgan fingerprint density at radius 1 is 1.08 bits per heavy atom. The molecule has 0 atom stereocenters. The third kappa shape index (κ3) is 6.24. The number of hydrogen-bond acceptors (Lipinski definition) is 3. The Morgan fingerprint density at radius 3 is 2.29 bits per heavy atom. The van der Waals surface area contributed by atoms with E-state index in [9.17, 15) is 0 Å². The van der Waals surface area contributed by atoms with Crippen molar-refractivity contribution in [3.8, 4) is 0 Å². The highest BCUT2D eigenvalue weighted by Gasteiger charge is 2.35. The molecule has 0 aromatic rings. The Balaban J connectivity index is 0.00000288. The lowest BCUT2D eigenvalue weighted by molar-refractivity contribution is 0.0782. The Kier molecular flexibility index (Phi) is 10.4. The van der Waals surface area contributed by atoms with Crippen molar-refractivity contribution >= 4 is 41.7 Å². The fourth-order valence-corrected chi connectivity index (χ4v) is 4.80. The van der Waals surface area contributed by atoms with Gasteiger partial charge in [0, 0.05) is 37.6 Å². The lowest BCUT2D eigenvalue weighted by Gasteiger charge is -2.40. The van der Waals surface area contributed by atoms with Crippen molar-refractivity contribution in [3.05, 3.63) is 0 Å². The Labute approximate surface area is 169 Å². The van der Waals surface area contributed by atoms with Crippen LogP contribution < -0.4 is 10.6 Å². The van der Waals surface area contributed by atoms with Crippen molar-refractivity contribution in [2.24, 2.45) is 10.4 Å². The van der Waals surface area contributed by atoms with Crippen LogP contribution in [0.2, 0.25) is 0 Å². The molecule has 1 aliphatic carbocycles. The SMILES string of the molecule is CCNC(=NCC1(CC)CCC1)NCC1(SCC)CCOCC1.I. The van der Waals surface area contributed by atoms with Gasteiger partial charge < -0.3 is 15.4 Å². The van der Waals surface area contributed by atoms with Crippen LogP contribution in [0.5, 0.6) is 0 Å². The molecule has 1 heterocycles. The molecule has 2 fully saturated rings. The molecule has 0 radical (unpaired) electrons. The van der Waals surface area contributed by atoms with Gasteiger partial charge in [-0.3, -0.25) is 4.99 Å². The summed E-state index contributed by atoms with van der Waals surface area (Å²) in [5.41, 5.74) is 0.483. The third-order valence-electron chi connectivity index (χ3n) is 5.51. The molecule has 24 heavy (non-hydrogen) atoms. The molecule has 2 aliphatic rings. The third-order valence-corrected chi connectivity index (χ3v) is 6.97. The zero-order chi connectivity index (χ0) is 16.6. The maximum atomic E-state index is 5.57. The molecule has 1 saturated carbocycles. The molecule has 0 bridgehead atoms. The highest BCUT2D eigenvalue weighted by molar-refractivity contribution is 14.0. The fourth-order valence-electron chi connectivity index (χ4n) is 3.56. The molecular weight excluding hydrogens is 433 g/mol. The first-order chi connectivity index (χ1) is 11.2. The van der Waals surface area contributed by atoms with Gasteiger partial charge in [-0.15, -0.1) is 24.0 Å². The Hall–Kier alpha value is 0.310. The van der Waals surface area contributed by atoms with Gasteiger partial charge in [-0.25, -0.2) is 0 Å². The van der Waals surface area contributed by atoms with Crippen molar-refractivity contribution in [1.82, 2.24) is 10.6 Å². The number of ether oxygens (including phenoxy) is 1. The van der Waals surface area contributed by atoms with Crippen LogP contribution in [0, 0.1) is 5.41 Å². The van der Waals surface area contributed by atoms with E-state index in [4.69, 9.17) is 9.73 Å². The van der Waals surface area contributed by atoms with E-state index < -0.39 is 0 Å². The Bertz CT molecular complexity index is 371. The molecule has 4 nitrogen and oxygen atoms in total. The average Bonchev–Trinajstić information content (AvgIpc) is 2.53. The smallest absolute Gasteiger partial charge is 0.191 e. The molecule has 0 spiro atoms. The summed E-state index contributed by atoms with van der Waals surface area (Å²) in [6.45, 7) is 11.4. The predicted octanol–water partition coefficient (Wildman–Crippen LogP) is 4.04. The molecule has 2 rings (SSSR count). The lowest BCUT2D eigenvalue weighted by Crippen LogP contribution is -2.48. The molecule has 0 amide bonds. The van der Waals surface area contributed by atoms with Crippen LogP contribution >= 0.6 is 35.7 Å². The molecule has 1 saturated heterocycles. The van der Waals surface area contributed by atoms with E-state index in [0.29, 0.717) is 10.2 Å². The molecule has 0 unspecified atom stereocenters. The topological polar surface area (TPSA) is 45.7 Å². The number of rotatable bonds is 8. The van der Waals surface area contributed by atoms with Crippen LogP contribution in [0.3, 0.4) is 0 Å². The van der Waals surface area contributed by atoms with Crippen LogP contribution in [-0.2, 0) is 4.74 Å². The minimum atomic E-state index is 0. The van der Waals surface area contributed by atoms with Gasteiger partial charge in [-0.1, -0.05) is 20.3 Å². The van der Waals surface area contributed by atoms with Gasteiger partial charge in [-0.2, -0.15) is 11.8 Å². The minimum Gasteiger partial charge on any atom is -0.381 e. The summed E-state index contributed by atoms with van der Waals surface area (Å²) >= 11 is 2.08. The number of thioether (sulfide) groups is 1. The zero-order valence-corrected chi connectivity index (χ0v) is 18.8. The lowest BCUT2D eigenvalue weighted by atomic mass is 9.67. The summed E-state index contributed by atoms with van der Waals surface area (Å²) in [4.78, 5) is 4.91. The van der Waals surface area contributed by atoms with Gasteiger partial charge in [0.1, 0.15) is 0 Å². The van der Waals surface area contributed by atoms with Crippen molar-refractivity contribution in [2.45, 2.75) is 64.0 Å². The van der Waals surface area contributed by atoms with E-state index in [1.54, 1.807) is 0 Å². The van der Waals surface area contributed by atoms with E-state index in [0.717, 1.165) is 57.4 Å². The van der Waals surface area contributed by atoms with Crippen LogP contribution in [0.1, 0.15) is 59.3 Å². The maximum Gasteiger partial charge on any atom is 0.191 e. The first kappa shape index (κ1) is 22.4. The molecule has 0 aromatic carbocycles. The summed E-state index contributed by atoms with van der Waals surface area (Å²) in [6.07, 6.45) is 7.60. The van der Waals surface area contributed by atoms with Crippen LogP contribution in [0.25, 0.3) is 0 Å². The average molecular weight is 469 g/mol. The summed E-state index contributed by atoms with van der Waals surface area (Å²) in [5.74, 6) is 2.16. The van der Waals surface area contributed by atoms with Crippen molar-refractivity contribution in [3.63, 3.8) is 0 Å². The quantitative estimate of drug-likeness (QED) is 0.320. The number of halogens is 1. The minimum absolute atomic E-state index is 0. The number of nitrogens with zero attached hydrogens (tertiary/aromatic N) is 1. The fraction of sp³-hybridized carbons (Fsp3) is 0.944. The van der Waals surface area contributed by atoms with E-state index in [-0.39, 0.29) is 24.0 Å². The summed E-state index contributed by atoms with van der Waals surface area (Å²) in [7, 11) is 0. The normalized spacial score (nSPS) is 22.2. The van der Waals surface area contributed by atoms with Crippen molar-refractivity contribution < 1.29 is 4.74 Å². The second-order valence-corrected chi connectivity index (χ2v) is 8.72. The first-order valence-corrected chi connectivity index (χ1v) is 10.4. The van der Waals surface area contributed by atoms with Gasteiger partial charge in [0.15, 0.2) is 5.96 Å². The van der Waals surface area contributed by atoms with Gasteiger partial charge in [0.25, 0.3) is 0 Å². The number of guanidine groups is 1. The molecule has 142 valence electrons. The van der Waals surface area contributed by atoms with Gasteiger partial charge >= 0.3 is 0 Å². The van der Waals surface area contributed by atoms with E-state index in [1.807, 2.05) is 0 Å². The van der Waals surface area contributed by atoms with Crippen LogP contribution in [0.15, 0.2) is 4.99 Å². The first-order valence-electron chi connectivity index (χ1n) is 9.41. The van der Waals surface area contributed by atoms with E-state index in [2.05, 4.69) is 43.2 Å². The largest absolute Gasteiger partial charge is 0.381 e. The predicted molar refractivity (Wildman–Crippen MR) is 117 cm³/mol. The summed E-state index contributed by atoms with van der Waals surface area (Å²) in [6, 6.07) is 0. The maximum absolute atomic E-state index is 5.57. The molecular formula is C18H36IN3OS. The van der Waals surface area contributed by atoms with Crippen LogP contribution in [0.4, 0.5) is 0 Å². The summed E-state index contributed by atoms with van der Waals surface area (Å²) < 4.78 is 5.87. The standard InChI is InChI=1S/C18H35N3OS.HI/c1-4-17(8-7-9-17)14-20-16(19-5-2)21-15-18(23-6-3)10-12-22-13-11-18;/h4-15H2,1-3H3,(H2,19,20,21);1H. The molecule has 6 heteroatoms.